The van der Waals surface area contributed by atoms with Crippen LogP contribution in [0.15, 0.2) is 84.8 Å². The molecule has 5 aromatic rings. The number of fused-ring (bicyclic) bond motifs is 2. The second-order valence-corrected chi connectivity index (χ2v) is 11.7. The maximum atomic E-state index is 13.5. The summed E-state index contributed by atoms with van der Waals surface area (Å²) in [6.45, 7) is 4.24. The third-order valence-electron chi connectivity index (χ3n) is 7.46. The van der Waals surface area contributed by atoms with Gasteiger partial charge in [0.2, 0.25) is 12.2 Å². The number of carbonyl (C=O) groups excluding carboxylic acids is 2. The predicted octanol–water partition coefficient (Wildman–Crippen LogP) is 6.26. The lowest BCUT2D eigenvalue weighted by atomic mass is 9.92. The highest BCUT2D eigenvalue weighted by molar-refractivity contribution is 7.21. The van der Waals surface area contributed by atoms with Crippen molar-refractivity contribution in [2.45, 2.75) is 32.5 Å². The highest BCUT2D eigenvalue weighted by Gasteiger charge is 2.31. The first kappa shape index (κ1) is 29.7. The number of carbonyl (C=O) groups is 2. The van der Waals surface area contributed by atoms with Crippen molar-refractivity contribution in [2.24, 2.45) is 0 Å². The molecule has 226 valence electrons. The molecule has 0 fully saturated rings. The Morgan fingerprint density at radius 1 is 1.09 bits per heavy atom. The van der Waals surface area contributed by atoms with Gasteiger partial charge in [-0.15, -0.1) is 11.3 Å². The minimum absolute atomic E-state index is 0.0729. The number of amides is 1. The number of aliphatic hydroxyl groups excluding tert-OH is 1. The van der Waals surface area contributed by atoms with E-state index >= 15 is 0 Å². The maximum Gasteiger partial charge on any atom is 0.290 e. The number of nitrogens with zero attached hydrogens (tertiary/aromatic N) is 2. The zero-order valence-electron chi connectivity index (χ0n) is 24.5. The molecule has 6 rings (SSSR count). The molecule has 2 N–H and O–H groups in total. The Balaban J connectivity index is 1.23. The lowest BCUT2D eigenvalue weighted by Gasteiger charge is -2.29. The van der Waals surface area contributed by atoms with Crippen LogP contribution in [0.2, 0.25) is 0 Å². The van der Waals surface area contributed by atoms with Gasteiger partial charge in [-0.05, 0) is 66.6 Å². The van der Waals surface area contributed by atoms with Crippen LogP contribution in [0.1, 0.15) is 35.2 Å². The molecule has 44 heavy (non-hydrogen) atoms. The number of benzene rings is 3. The monoisotopic (exact) mass is 611 g/mol. The zero-order chi connectivity index (χ0) is 30.6. The second kappa shape index (κ2) is 13.1. The number of allylic oxidation sites excluding steroid dienone is 1. The lowest BCUT2D eigenvalue weighted by molar-refractivity contribution is -0.148. The largest absolute Gasteiger partial charge is 0.459 e. The van der Waals surface area contributed by atoms with E-state index in [1.807, 2.05) is 60.8 Å². The quantitative estimate of drug-likeness (QED) is 0.179. The van der Waals surface area contributed by atoms with Crippen LogP contribution in [0.5, 0.6) is 0 Å². The van der Waals surface area contributed by atoms with Gasteiger partial charge >= 0.3 is 0 Å². The highest BCUT2D eigenvalue weighted by Crippen LogP contribution is 2.37. The molecular weight excluding hydrogens is 578 g/mol. The number of hydrogen-bond acceptors (Lipinski definition) is 8. The second-order valence-electron chi connectivity index (χ2n) is 10.6. The van der Waals surface area contributed by atoms with Crippen LogP contribution >= 0.6 is 11.3 Å². The molecule has 1 aliphatic heterocycles. The van der Waals surface area contributed by atoms with Crippen molar-refractivity contribution in [2.75, 3.05) is 31.7 Å². The van der Waals surface area contributed by atoms with Gasteiger partial charge in [-0.1, -0.05) is 24.3 Å². The normalized spacial score (nSPS) is 16.6. The van der Waals surface area contributed by atoms with Crippen LogP contribution in [-0.2, 0) is 19.0 Å². The van der Waals surface area contributed by atoms with Gasteiger partial charge in [0.25, 0.3) is 5.91 Å². The van der Waals surface area contributed by atoms with E-state index in [4.69, 9.17) is 24.3 Å². The Morgan fingerprint density at radius 3 is 2.70 bits per heavy atom. The molecule has 0 aliphatic carbocycles. The third-order valence-corrected chi connectivity index (χ3v) is 8.53. The predicted molar refractivity (Wildman–Crippen MR) is 171 cm³/mol. The number of rotatable bonds is 10. The molecule has 3 heterocycles. The van der Waals surface area contributed by atoms with Gasteiger partial charge in [0.1, 0.15) is 5.01 Å². The number of aryl methyl sites for hydroxylation is 1. The molecule has 3 aromatic carbocycles. The number of ether oxygens (including phenoxy) is 3. The lowest BCUT2D eigenvalue weighted by Crippen LogP contribution is -2.30. The first-order valence-corrected chi connectivity index (χ1v) is 15.3. The average Bonchev–Trinajstić information content (AvgIpc) is 3.63. The summed E-state index contributed by atoms with van der Waals surface area (Å²) in [6, 6.07) is 21.5. The molecule has 0 unspecified atom stereocenters. The van der Waals surface area contributed by atoms with Gasteiger partial charge < -0.3 is 24.6 Å². The van der Waals surface area contributed by atoms with Gasteiger partial charge in [-0.2, -0.15) is 0 Å². The number of para-hydroxylation sites is 1. The molecule has 9 nitrogen and oxygen atoms in total. The van der Waals surface area contributed by atoms with Gasteiger partial charge in [0.15, 0.2) is 5.76 Å². The van der Waals surface area contributed by atoms with E-state index in [-0.39, 0.29) is 44.0 Å². The summed E-state index contributed by atoms with van der Waals surface area (Å²) in [4.78, 5) is 30.7. The number of aliphatic hydroxyl groups is 1. The Kier molecular flexibility index (Phi) is 8.85. The molecule has 0 saturated heterocycles. The van der Waals surface area contributed by atoms with Gasteiger partial charge in [-0.3, -0.25) is 14.2 Å². The number of aromatic nitrogens is 2. The van der Waals surface area contributed by atoms with E-state index < -0.39 is 12.2 Å². The fourth-order valence-corrected chi connectivity index (χ4v) is 6.42. The molecule has 2 aromatic heterocycles. The van der Waals surface area contributed by atoms with Crippen LogP contribution in [0, 0.1) is 6.92 Å². The number of thiazole rings is 1. The third kappa shape index (κ3) is 6.44. The first-order chi connectivity index (χ1) is 21.4. The Labute approximate surface area is 258 Å². The van der Waals surface area contributed by atoms with E-state index in [2.05, 4.69) is 24.4 Å². The van der Waals surface area contributed by atoms with Crippen molar-refractivity contribution < 1.29 is 28.9 Å². The number of hydrogen-bond donors (Lipinski definition) is 2. The van der Waals surface area contributed by atoms with Crippen LogP contribution in [-0.4, -0.2) is 59.2 Å². The standard InChI is InChI=1S/C34H33N3O6S/c1-21-7-12-28-31(17-21)44-34(36-28)23-8-10-25(11-9-23)35-33(40)30-18-24(19-32(43-30)42-16-15-41-14-13-38)27-20-37(22(2)39)29-6-4-3-5-26(27)29/h3-12,17-18,20,24,32,38H,13-16,19H2,1-2H3,(H,35,40)/t24-,32+/m0/s1. The summed E-state index contributed by atoms with van der Waals surface area (Å²) in [5, 5.41) is 13.7. The van der Waals surface area contributed by atoms with Crippen molar-refractivity contribution in [1.29, 1.82) is 0 Å². The molecule has 2 atom stereocenters. The van der Waals surface area contributed by atoms with Gasteiger partial charge in [0.05, 0.1) is 42.2 Å². The Hall–Kier alpha value is -4.35. The fraction of sp³-hybridized carbons (Fsp3) is 0.265. The van der Waals surface area contributed by atoms with E-state index in [1.54, 1.807) is 22.0 Å². The molecule has 0 radical (unpaired) electrons. The molecule has 10 heteroatoms. The molecular formula is C34H33N3O6S. The van der Waals surface area contributed by atoms with E-state index in [0.717, 1.165) is 37.3 Å². The van der Waals surface area contributed by atoms with Crippen LogP contribution in [0.4, 0.5) is 5.69 Å². The van der Waals surface area contributed by atoms with Gasteiger partial charge in [0, 0.05) is 42.1 Å². The molecule has 0 bridgehead atoms. The minimum atomic E-state index is -0.715. The molecule has 1 aliphatic rings. The highest BCUT2D eigenvalue weighted by atomic mass is 32.1. The van der Waals surface area contributed by atoms with Crippen LogP contribution in [0.3, 0.4) is 0 Å². The summed E-state index contributed by atoms with van der Waals surface area (Å²) >= 11 is 1.63. The maximum absolute atomic E-state index is 13.5. The summed E-state index contributed by atoms with van der Waals surface area (Å²) in [7, 11) is 0. The van der Waals surface area contributed by atoms with E-state index in [1.165, 1.54) is 12.5 Å². The van der Waals surface area contributed by atoms with Crippen molar-refractivity contribution in [3.8, 4) is 10.6 Å². The first-order valence-electron chi connectivity index (χ1n) is 14.5. The molecule has 0 spiro atoms. The smallest absolute Gasteiger partial charge is 0.290 e. The summed E-state index contributed by atoms with van der Waals surface area (Å²) in [5.41, 5.74) is 5.45. The van der Waals surface area contributed by atoms with Crippen molar-refractivity contribution in [3.05, 3.63) is 95.9 Å². The van der Waals surface area contributed by atoms with E-state index in [9.17, 15) is 9.59 Å². The average molecular weight is 612 g/mol. The topological polar surface area (TPSA) is 112 Å². The number of nitrogens with one attached hydrogen (secondary N) is 1. The molecule has 0 saturated carbocycles. The SMILES string of the molecule is CC(=O)n1cc([C@H]2C=C(C(=O)Nc3ccc(-c4nc5ccc(C)cc5s4)cc3)O[C@@H](OCCOCCO)C2)c2ccccc21. The molecule has 1 amide bonds. The fourth-order valence-electron chi connectivity index (χ4n) is 5.35. The van der Waals surface area contributed by atoms with Gasteiger partial charge in [-0.25, -0.2) is 4.98 Å². The van der Waals surface area contributed by atoms with Crippen LogP contribution < -0.4 is 5.32 Å². The Morgan fingerprint density at radius 2 is 1.91 bits per heavy atom. The summed E-state index contributed by atoms with van der Waals surface area (Å²) in [6.07, 6.45) is 3.35. The minimum Gasteiger partial charge on any atom is -0.459 e. The summed E-state index contributed by atoms with van der Waals surface area (Å²) < 4.78 is 20.0. The zero-order valence-corrected chi connectivity index (χ0v) is 25.3. The van der Waals surface area contributed by atoms with Crippen molar-refractivity contribution >= 4 is 50.0 Å². The van der Waals surface area contributed by atoms with Crippen molar-refractivity contribution in [3.63, 3.8) is 0 Å². The van der Waals surface area contributed by atoms with Crippen LogP contribution in [0.25, 0.3) is 31.7 Å². The Bertz CT molecular complexity index is 1840. The number of anilines is 1. The summed E-state index contributed by atoms with van der Waals surface area (Å²) in [5.74, 6) is -0.616. The van der Waals surface area contributed by atoms with Crippen molar-refractivity contribution in [1.82, 2.24) is 9.55 Å². The van der Waals surface area contributed by atoms with E-state index in [0.29, 0.717) is 12.1 Å².